The lowest BCUT2D eigenvalue weighted by molar-refractivity contribution is 0.294. The predicted octanol–water partition coefficient (Wildman–Crippen LogP) is 3.09. The minimum Gasteiger partial charge on any atom is -0.313 e. The van der Waals surface area contributed by atoms with E-state index in [1.807, 2.05) is 11.3 Å². The summed E-state index contributed by atoms with van der Waals surface area (Å²) >= 11 is 1.86. The summed E-state index contributed by atoms with van der Waals surface area (Å²) in [7, 11) is 2.23. The second kappa shape index (κ2) is 5.39. The molecule has 1 aromatic heterocycles. The van der Waals surface area contributed by atoms with E-state index < -0.39 is 0 Å². The van der Waals surface area contributed by atoms with Crippen LogP contribution in [0.2, 0.25) is 0 Å². The Morgan fingerprint density at radius 1 is 1.39 bits per heavy atom. The molecule has 2 heterocycles. The van der Waals surface area contributed by atoms with Crippen LogP contribution < -0.4 is 5.32 Å². The zero-order chi connectivity index (χ0) is 12.4. The van der Waals surface area contributed by atoms with E-state index >= 15 is 0 Å². The molecule has 0 radical (unpaired) electrons. The second-order valence-corrected chi connectivity index (χ2v) is 6.16. The molecule has 0 aliphatic carbocycles. The maximum atomic E-state index is 3.57. The van der Waals surface area contributed by atoms with Gasteiger partial charge in [-0.3, -0.25) is 0 Å². The van der Waals surface area contributed by atoms with E-state index in [2.05, 4.69) is 46.9 Å². The van der Waals surface area contributed by atoms with Crippen molar-refractivity contribution in [3.8, 4) is 0 Å². The number of nitrogens with one attached hydrogen (secondary N) is 1. The molecule has 1 fully saturated rings. The van der Waals surface area contributed by atoms with Gasteiger partial charge in [0.1, 0.15) is 0 Å². The van der Waals surface area contributed by atoms with E-state index in [0.717, 1.165) is 13.1 Å². The Morgan fingerprint density at radius 3 is 3.11 bits per heavy atom. The number of benzene rings is 1. The SMILES string of the molecule is CN(Cc1csc2ccccc12)CC1CCCN1. The fraction of sp³-hybridized carbons (Fsp3) is 0.467. The molecular formula is C15H20N2S. The molecule has 1 unspecified atom stereocenters. The monoisotopic (exact) mass is 260 g/mol. The van der Waals surface area contributed by atoms with Gasteiger partial charge in [-0.1, -0.05) is 18.2 Å². The van der Waals surface area contributed by atoms with Gasteiger partial charge in [-0.25, -0.2) is 0 Å². The molecule has 1 aromatic carbocycles. The number of likely N-dealkylation sites (N-methyl/N-ethyl adjacent to an activating group) is 1. The Labute approximate surface area is 113 Å². The summed E-state index contributed by atoms with van der Waals surface area (Å²) in [6, 6.07) is 9.40. The molecule has 1 aliphatic heterocycles. The molecule has 0 bridgehead atoms. The van der Waals surface area contributed by atoms with Crippen molar-refractivity contribution in [1.82, 2.24) is 10.2 Å². The number of fused-ring (bicyclic) bond motifs is 1. The van der Waals surface area contributed by atoms with Crippen LogP contribution in [0.5, 0.6) is 0 Å². The summed E-state index contributed by atoms with van der Waals surface area (Å²) in [4.78, 5) is 2.44. The minimum absolute atomic E-state index is 0.694. The molecule has 2 nitrogen and oxygen atoms in total. The molecule has 0 spiro atoms. The van der Waals surface area contributed by atoms with Crippen molar-refractivity contribution in [3.63, 3.8) is 0 Å². The number of hydrogen-bond donors (Lipinski definition) is 1. The van der Waals surface area contributed by atoms with Crippen molar-refractivity contribution in [3.05, 3.63) is 35.2 Å². The third kappa shape index (κ3) is 2.58. The maximum Gasteiger partial charge on any atom is 0.0346 e. The first kappa shape index (κ1) is 12.2. The van der Waals surface area contributed by atoms with Gasteiger partial charge in [-0.05, 0) is 48.8 Å². The van der Waals surface area contributed by atoms with Crippen LogP contribution in [0.1, 0.15) is 18.4 Å². The lowest BCUT2D eigenvalue weighted by Gasteiger charge is -2.20. The van der Waals surface area contributed by atoms with Gasteiger partial charge in [0, 0.05) is 23.8 Å². The van der Waals surface area contributed by atoms with Crippen molar-refractivity contribution in [1.29, 1.82) is 0 Å². The van der Waals surface area contributed by atoms with Gasteiger partial charge in [0.15, 0.2) is 0 Å². The smallest absolute Gasteiger partial charge is 0.0346 e. The lowest BCUT2D eigenvalue weighted by Crippen LogP contribution is -2.34. The van der Waals surface area contributed by atoms with Gasteiger partial charge in [0.25, 0.3) is 0 Å². The number of rotatable bonds is 4. The predicted molar refractivity (Wildman–Crippen MR) is 79.2 cm³/mol. The second-order valence-electron chi connectivity index (χ2n) is 5.25. The van der Waals surface area contributed by atoms with Crippen molar-refractivity contribution < 1.29 is 0 Å². The average molecular weight is 260 g/mol. The zero-order valence-corrected chi connectivity index (χ0v) is 11.7. The van der Waals surface area contributed by atoms with Crippen LogP contribution >= 0.6 is 11.3 Å². The van der Waals surface area contributed by atoms with Crippen LogP contribution in [-0.2, 0) is 6.54 Å². The van der Waals surface area contributed by atoms with Crippen molar-refractivity contribution in [2.45, 2.75) is 25.4 Å². The summed E-state index contributed by atoms with van der Waals surface area (Å²) in [5.74, 6) is 0. The first-order valence-corrected chi connectivity index (χ1v) is 7.58. The molecule has 96 valence electrons. The van der Waals surface area contributed by atoms with Crippen LogP contribution in [0.15, 0.2) is 29.6 Å². The van der Waals surface area contributed by atoms with Gasteiger partial charge in [0.05, 0.1) is 0 Å². The highest BCUT2D eigenvalue weighted by molar-refractivity contribution is 7.17. The standard InChI is InChI=1S/C15H20N2S/c1-17(10-13-5-4-8-16-13)9-12-11-18-15-7-3-2-6-14(12)15/h2-3,6-7,11,13,16H,4-5,8-10H2,1H3. The topological polar surface area (TPSA) is 15.3 Å². The number of thiophene rings is 1. The van der Waals surface area contributed by atoms with Crippen LogP contribution in [0.25, 0.3) is 10.1 Å². The molecule has 18 heavy (non-hydrogen) atoms. The van der Waals surface area contributed by atoms with Gasteiger partial charge in [-0.2, -0.15) is 0 Å². The normalized spacial score (nSPS) is 20.0. The summed E-state index contributed by atoms with van der Waals surface area (Å²) in [5, 5.41) is 7.30. The Kier molecular flexibility index (Phi) is 3.64. The summed E-state index contributed by atoms with van der Waals surface area (Å²) in [6.45, 7) is 3.41. The van der Waals surface area contributed by atoms with Gasteiger partial charge >= 0.3 is 0 Å². The molecule has 0 saturated carbocycles. The Balaban J connectivity index is 1.67. The van der Waals surface area contributed by atoms with Gasteiger partial charge < -0.3 is 10.2 Å². The fourth-order valence-electron chi connectivity index (χ4n) is 2.80. The molecule has 1 atom stereocenters. The third-order valence-corrected chi connectivity index (χ3v) is 4.71. The third-order valence-electron chi connectivity index (χ3n) is 3.70. The van der Waals surface area contributed by atoms with Crippen molar-refractivity contribution in [2.24, 2.45) is 0 Å². The van der Waals surface area contributed by atoms with Crippen LogP contribution in [0.4, 0.5) is 0 Å². The highest BCUT2D eigenvalue weighted by Gasteiger charge is 2.16. The highest BCUT2D eigenvalue weighted by Crippen LogP contribution is 2.26. The van der Waals surface area contributed by atoms with Crippen LogP contribution in [-0.4, -0.2) is 31.1 Å². The van der Waals surface area contributed by atoms with Crippen LogP contribution in [0, 0.1) is 0 Å². The molecule has 0 amide bonds. The first-order chi connectivity index (χ1) is 8.83. The van der Waals surface area contributed by atoms with Gasteiger partial charge in [-0.15, -0.1) is 11.3 Å². The Hall–Kier alpha value is -0.900. The van der Waals surface area contributed by atoms with Crippen molar-refractivity contribution >= 4 is 21.4 Å². The van der Waals surface area contributed by atoms with E-state index in [-0.39, 0.29) is 0 Å². The first-order valence-electron chi connectivity index (χ1n) is 6.70. The Bertz CT molecular complexity index is 514. The van der Waals surface area contributed by atoms with E-state index in [1.165, 1.54) is 35.0 Å². The molecule has 1 N–H and O–H groups in total. The fourth-order valence-corrected chi connectivity index (χ4v) is 3.75. The molecule has 3 rings (SSSR count). The van der Waals surface area contributed by atoms with E-state index in [4.69, 9.17) is 0 Å². The highest BCUT2D eigenvalue weighted by atomic mass is 32.1. The maximum absolute atomic E-state index is 3.57. The number of hydrogen-bond acceptors (Lipinski definition) is 3. The Morgan fingerprint density at radius 2 is 2.28 bits per heavy atom. The largest absolute Gasteiger partial charge is 0.313 e. The summed E-state index contributed by atoms with van der Waals surface area (Å²) in [6.07, 6.45) is 2.66. The molecule has 3 heteroatoms. The van der Waals surface area contributed by atoms with Gasteiger partial charge in [0.2, 0.25) is 0 Å². The minimum atomic E-state index is 0.694. The summed E-state index contributed by atoms with van der Waals surface area (Å²) < 4.78 is 1.40. The molecule has 2 aromatic rings. The zero-order valence-electron chi connectivity index (χ0n) is 10.9. The molecule has 1 saturated heterocycles. The van der Waals surface area contributed by atoms with E-state index in [0.29, 0.717) is 6.04 Å². The quantitative estimate of drug-likeness (QED) is 0.909. The molecule has 1 aliphatic rings. The summed E-state index contributed by atoms with van der Waals surface area (Å²) in [5.41, 5.74) is 1.47. The van der Waals surface area contributed by atoms with E-state index in [9.17, 15) is 0 Å². The average Bonchev–Trinajstić information content (AvgIpc) is 3.00. The van der Waals surface area contributed by atoms with E-state index in [1.54, 1.807) is 0 Å². The van der Waals surface area contributed by atoms with Crippen molar-refractivity contribution in [2.75, 3.05) is 20.1 Å². The molecular weight excluding hydrogens is 240 g/mol. The van der Waals surface area contributed by atoms with Crippen LogP contribution in [0.3, 0.4) is 0 Å². The lowest BCUT2D eigenvalue weighted by atomic mass is 10.1. The number of nitrogens with zero attached hydrogens (tertiary/aromatic N) is 1.